The zero-order valence-electron chi connectivity index (χ0n) is 12.6. The predicted molar refractivity (Wildman–Crippen MR) is 89.8 cm³/mol. The van der Waals surface area contributed by atoms with Crippen molar-refractivity contribution >= 4 is 27.5 Å². The molecule has 2 aromatic heterocycles. The molecule has 3 rings (SSSR count). The molecule has 22 heavy (non-hydrogen) atoms. The van der Waals surface area contributed by atoms with Crippen LogP contribution in [0.15, 0.2) is 41.8 Å². The SMILES string of the molecule is COc1ccc(CCNC(=O)c2cc3sccc3n2C)cc1. The van der Waals surface area contributed by atoms with Gasteiger partial charge in [-0.1, -0.05) is 12.1 Å². The second-order valence-corrected chi connectivity index (χ2v) is 6.06. The molecule has 0 unspecified atom stereocenters. The van der Waals surface area contributed by atoms with Gasteiger partial charge in [-0.3, -0.25) is 4.79 Å². The van der Waals surface area contributed by atoms with Crippen molar-refractivity contribution in [1.29, 1.82) is 0 Å². The maximum atomic E-state index is 12.3. The number of ether oxygens (including phenoxy) is 1. The fraction of sp³-hybridized carbons (Fsp3) is 0.235. The van der Waals surface area contributed by atoms with Crippen LogP contribution < -0.4 is 10.1 Å². The predicted octanol–water partition coefficient (Wildman–Crippen LogP) is 3.22. The molecule has 2 heterocycles. The zero-order chi connectivity index (χ0) is 15.5. The topological polar surface area (TPSA) is 43.3 Å². The summed E-state index contributed by atoms with van der Waals surface area (Å²) in [7, 11) is 3.58. The number of amides is 1. The summed E-state index contributed by atoms with van der Waals surface area (Å²) >= 11 is 1.65. The number of hydrogen-bond acceptors (Lipinski definition) is 3. The summed E-state index contributed by atoms with van der Waals surface area (Å²) < 4.78 is 8.21. The number of carbonyl (C=O) groups is 1. The van der Waals surface area contributed by atoms with Crippen LogP contribution in [0.25, 0.3) is 10.2 Å². The molecule has 1 N–H and O–H groups in total. The minimum Gasteiger partial charge on any atom is -0.497 e. The Hall–Kier alpha value is -2.27. The molecule has 0 radical (unpaired) electrons. The van der Waals surface area contributed by atoms with E-state index < -0.39 is 0 Å². The van der Waals surface area contributed by atoms with Crippen LogP contribution in [-0.2, 0) is 13.5 Å². The molecular formula is C17H18N2O2S. The van der Waals surface area contributed by atoms with Crippen LogP contribution in [0.4, 0.5) is 0 Å². The molecule has 1 aromatic carbocycles. The summed E-state index contributed by atoms with van der Waals surface area (Å²) in [6, 6.07) is 11.9. The van der Waals surface area contributed by atoms with Crippen LogP contribution >= 0.6 is 11.3 Å². The van der Waals surface area contributed by atoms with Crippen molar-refractivity contribution in [2.75, 3.05) is 13.7 Å². The van der Waals surface area contributed by atoms with Crippen molar-refractivity contribution in [3.8, 4) is 5.75 Å². The summed E-state index contributed by atoms with van der Waals surface area (Å²) in [5.41, 5.74) is 2.98. The zero-order valence-corrected chi connectivity index (χ0v) is 13.4. The van der Waals surface area contributed by atoms with E-state index in [1.165, 1.54) is 5.56 Å². The van der Waals surface area contributed by atoms with Gasteiger partial charge in [-0.15, -0.1) is 11.3 Å². The quantitative estimate of drug-likeness (QED) is 0.786. The lowest BCUT2D eigenvalue weighted by atomic mass is 10.1. The Balaban J connectivity index is 1.59. The average Bonchev–Trinajstić information content (AvgIpc) is 3.11. The van der Waals surface area contributed by atoms with Crippen molar-refractivity contribution in [2.45, 2.75) is 6.42 Å². The number of nitrogens with zero attached hydrogens (tertiary/aromatic N) is 1. The standard InChI is InChI=1S/C17H18N2O2S/c1-19-14-8-10-22-16(14)11-15(19)17(20)18-9-7-12-3-5-13(21-2)6-4-12/h3-6,8,10-11H,7,9H2,1-2H3,(H,18,20). The Kier molecular flexibility index (Phi) is 4.15. The Morgan fingerprint density at radius 2 is 2.05 bits per heavy atom. The normalized spacial score (nSPS) is 10.8. The van der Waals surface area contributed by atoms with E-state index in [4.69, 9.17) is 4.74 Å². The number of rotatable bonds is 5. The van der Waals surface area contributed by atoms with E-state index in [0.717, 1.165) is 22.4 Å². The van der Waals surface area contributed by atoms with Gasteiger partial charge in [0.1, 0.15) is 11.4 Å². The second-order valence-electron chi connectivity index (χ2n) is 5.11. The van der Waals surface area contributed by atoms with E-state index in [-0.39, 0.29) is 5.91 Å². The first-order chi connectivity index (χ1) is 10.7. The average molecular weight is 314 g/mol. The Bertz CT molecular complexity index is 787. The maximum Gasteiger partial charge on any atom is 0.267 e. The maximum absolute atomic E-state index is 12.3. The molecule has 4 nitrogen and oxygen atoms in total. The van der Waals surface area contributed by atoms with Gasteiger partial charge in [0, 0.05) is 13.6 Å². The fourth-order valence-corrected chi connectivity index (χ4v) is 3.32. The number of fused-ring (bicyclic) bond motifs is 1. The number of methoxy groups -OCH3 is 1. The molecule has 0 bridgehead atoms. The summed E-state index contributed by atoms with van der Waals surface area (Å²) in [5.74, 6) is 0.816. The minimum atomic E-state index is -0.0283. The monoisotopic (exact) mass is 314 g/mol. The van der Waals surface area contributed by atoms with Crippen LogP contribution in [-0.4, -0.2) is 24.1 Å². The molecule has 0 spiro atoms. The van der Waals surface area contributed by atoms with Gasteiger partial charge in [-0.05, 0) is 41.6 Å². The second kappa shape index (κ2) is 6.23. The first-order valence-electron chi connectivity index (χ1n) is 7.13. The van der Waals surface area contributed by atoms with Gasteiger partial charge in [0.25, 0.3) is 5.91 Å². The molecule has 5 heteroatoms. The molecule has 0 atom stereocenters. The lowest BCUT2D eigenvalue weighted by molar-refractivity contribution is 0.0946. The molecule has 114 valence electrons. The number of nitrogens with one attached hydrogen (secondary N) is 1. The molecule has 0 aliphatic rings. The highest BCUT2D eigenvalue weighted by atomic mass is 32.1. The number of aryl methyl sites for hydroxylation is 1. The molecule has 1 amide bonds. The van der Waals surface area contributed by atoms with E-state index in [9.17, 15) is 4.79 Å². The van der Waals surface area contributed by atoms with Crippen molar-refractivity contribution in [3.05, 3.63) is 53.0 Å². The van der Waals surface area contributed by atoms with E-state index >= 15 is 0 Å². The lowest BCUT2D eigenvalue weighted by Crippen LogP contribution is -2.27. The lowest BCUT2D eigenvalue weighted by Gasteiger charge is -2.07. The third-order valence-corrected chi connectivity index (χ3v) is 4.61. The third-order valence-electron chi connectivity index (χ3n) is 3.75. The highest BCUT2D eigenvalue weighted by Gasteiger charge is 2.13. The van der Waals surface area contributed by atoms with Crippen molar-refractivity contribution in [3.63, 3.8) is 0 Å². The Morgan fingerprint density at radius 1 is 1.27 bits per heavy atom. The van der Waals surface area contributed by atoms with Gasteiger partial charge in [0.15, 0.2) is 0 Å². The van der Waals surface area contributed by atoms with Gasteiger partial charge in [-0.2, -0.15) is 0 Å². The van der Waals surface area contributed by atoms with E-state index in [2.05, 4.69) is 5.32 Å². The molecular weight excluding hydrogens is 296 g/mol. The number of aromatic nitrogens is 1. The van der Waals surface area contributed by atoms with Crippen LogP contribution in [0, 0.1) is 0 Å². The van der Waals surface area contributed by atoms with Gasteiger partial charge in [0.2, 0.25) is 0 Å². The number of thiophene rings is 1. The van der Waals surface area contributed by atoms with E-state index in [1.54, 1.807) is 18.4 Å². The van der Waals surface area contributed by atoms with Crippen LogP contribution in [0.3, 0.4) is 0 Å². The summed E-state index contributed by atoms with van der Waals surface area (Å²) in [4.78, 5) is 12.3. The largest absolute Gasteiger partial charge is 0.497 e. The molecule has 0 fully saturated rings. The highest BCUT2D eigenvalue weighted by molar-refractivity contribution is 7.17. The van der Waals surface area contributed by atoms with Gasteiger partial charge < -0.3 is 14.6 Å². The third kappa shape index (κ3) is 2.85. The van der Waals surface area contributed by atoms with Crippen LogP contribution in [0.1, 0.15) is 16.1 Å². The number of benzene rings is 1. The first kappa shape index (κ1) is 14.7. The highest BCUT2D eigenvalue weighted by Crippen LogP contribution is 2.24. The number of carbonyl (C=O) groups excluding carboxylic acids is 1. The van der Waals surface area contributed by atoms with Crippen molar-refractivity contribution in [2.24, 2.45) is 7.05 Å². The molecule has 0 saturated heterocycles. The van der Waals surface area contributed by atoms with Gasteiger partial charge in [0.05, 0.1) is 17.3 Å². The van der Waals surface area contributed by atoms with Gasteiger partial charge in [-0.25, -0.2) is 0 Å². The smallest absolute Gasteiger partial charge is 0.267 e. The molecule has 0 saturated carbocycles. The summed E-state index contributed by atoms with van der Waals surface area (Å²) in [6.07, 6.45) is 0.800. The number of hydrogen-bond donors (Lipinski definition) is 1. The van der Waals surface area contributed by atoms with Gasteiger partial charge >= 0.3 is 0 Å². The van der Waals surface area contributed by atoms with E-state index in [0.29, 0.717) is 12.2 Å². The Labute approximate surface area is 133 Å². The van der Waals surface area contributed by atoms with Crippen molar-refractivity contribution < 1.29 is 9.53 Å². The summed E-state index contributed by atoms with van der Waals surface area (Å²) in [6.45, 7) is 0.615. The minimum absolute atomic E-state index is 0.0283. The van der Waals surface area contributed by atoms with Crippen LogP contribution in [0.2, 0.25) is 0 Å². The van der Waals surface area contributed by atoms with Crippen molar-refractivity contribution in [1.82, 2.24) is 9.88 Å². The molecule has 0 aliphatic carbocycles. The molecule has 3 aromatic rings. The summed E-state index contributed by atoms with van der Waals surface area (Å²) in [5, 5.41) is 5.02. The van der Waals surface area contributed by atoms with Crippen LogP contribution in [0.5, 0.6) is 5.75 Å². The molecule has 0 aliphatic heterocycles. The Morgan fingerprint density at radius 3 is 2.73 bits per heavy atom. The fourth-order valence-electron chi connectivity index (χ4n) is 2.47. The first-order valence-corrected chi connectivity index (χ1v) is 8.01. The van der Waals surface area contributed by atoms with E-state index in [1.807, 2.05) is 53.4 Å².